The summed E-state index contributed by atoms with van der Waals surface area (Å²) in [4.78, 5) is 36.8. The van der Waals surface area contributed by atoms with Gasteiger partial charge in [0.15, 0.2) is 6.54 Å². The van der Waals surface area contributed by atoms with E-state index < -0.39 is 11.9 Å². The number of hydrogen-bond donors (Lipinski definition) is 2. The summed E-state index contributed by atoms with van der Waals surface area (Å²) in [5, 5.41) is 2.70. The minimum Gasteiger partial charge on any atom is -0.465 e. The van der Waals surface area contributed by atoms with E-state index in [9.17, 15) is 14.4 Å². The first-order valence-corrected chi connectivity index (χ1v) is 7.49. The molecule has 1 fully saturated rings. The Morgan fingerprint density at radius 1 is 1.09 bits per heavy atom. The standard InChI is InChI=1S/C16H20N2O5/c1-22-15(20)11-5-6-12(16(21)23-2)13(9-11)17-14(19)10-18-7-3-4-8-18/h5-6,9H,3-4,7-8,10H2,1-2H3,(H,17,19)/p+1. The summed E-state index contributed by atoms with van der Waals surface area (Å²) in [5.41, 5.74) is 0.706. The van der Waals surface area contributed by atoms with Gasteiger partial charge in [-0.15, -0.1) is 0 Å². The number of amides is 1. The van der Waals surface area contributed by atoms with Crippen molar-refractivity contribution >= 4 is 23.5 Å². The van der Waals surface area contributed by atoms with Crippen molar-refractivity contribution in [3.05, 3.63) is 29.3 Å². The third-order valence-corrected chi connectivity index (χ3v) is 3.84. The second-order valence-corrected chi connectivity index (χ2v) is 5.43. The van der Waals surface area contributed by atoms with Gasteiger partial charge in [0.1, 0.15) is 0 Å². The van der Waals surface area contributed by atoms with Crippen LogP contribution in [0.2, 0.25) is 0 Å². The highest BCUT2D eigenvalue weighted by Gasteiger charge is 2.21. The van der Waals surface area contributed by atoms with Crippen molar-refractivity contribution in [2.24, 2.45) is 0 Å². The molecular formula is C16H21N2O5+. The second-order valence-electron chi connectivity index (χ2n) is 5.43. The van der Waals surface area contributed by atoms with Crippen LogP contribution in [-0.4, -0.2) is 51.7 Å². The third-order valence-electron chi connectivity index (χ3n) is 3.84. The molecule has 1 heterocycles. The molecule has 0 radical (unpaired) electrons. The van der Waals surface area contributed by atoms with E-state index in [0.717, 1.165) is 25.9 Å². The van der Waals surface area contributed by atoms with E-state index in [-0.39, 0.29) is 22.7 Å². The molecule has 1 aliphatic heterocycles. The van der Waals surface area contributed by atoms with Crippen molar-refractivity contribution < 1.29 is 28.8 Å². The fourth-order valence-corrected chi connectivity index (χ4v) is 2.65. The second kappa shape index (κ2) is 7.73. The average molecular weight is 321 g/mol. The van der Waals surface area contributed by atoms with Crippen LogP contribution in [-0.2, 0) is 14.3 Å². The zero-order chi connectivity index (χ0) is 16.8. The van der Waals surface area contributed by atoms with Crippen LogP contribution in [0.5, 0.6) is 0 Å². The van der Waals surface area contributed by atoms with E-state index in [2.05, 4.69) is 10.1 Å². The Morgan fingerprint density at radius 2 is 1.74 bits per heavy atom. The Labute approximate surface area is 134 Å². The molecule has 1 aromatic carbocycles. The Morgan fingerprint density at radius 3 is 2.35 bits per heavy atom. The van der Waals surface area contributed by atoms with Crippen LogP contribution in [0.25, 0.3) is 0 Å². The van der Waals surface area contributed by atoms with Crippen molar-refractivity contribution in [1.29, 1.82) is 0 Å². The molecule has 7 heteroatoms. The van der Waals surface area contributed by atoms with E-state index >= 15 is 0 Å². The summed E-state index contributed by atoms with van der Waals surface area (Å²) in [6, 6.07) is 4.32. The van der Waals surface area contributed by atoms with Gasteiger partial charge in [-0.05, 0) is 18.2 Å². The van der Waals surface area contributed by atoms with Gasteiger partial charge in [-0.1, -0.05) is 0 Å². The number of carbonyl (C=O) groups is 3. The molecule has 23 heavy (non-hydrogen) atoms. The maximum atomic E-state index is 12.2. The normalized spacial score (nSPS) is 14.3. The highest BCUT2D eigenvalue weighted by molar-refractivity contribution is 6.03. The quantitative estimate of drug-likeness (QED) is 0.738. The lowest BCUT2D eigenvalue weighted by Gasteiger charge is -2.14. The fraction of sp³-hybridized carbons (Fsp3) is 0.438. The van der Waals surface area contributed by atoms with Crippen LogP contribution in [0.4, 0.5) is 5.69 Å². The number of hydrogen-bond acceptors (Lipinski definition) is 5. The minimum absolute atomic E-state index is 0.199. The molecule has 124 valence electrons. The third kappa shape index (κ3) is 4.29. The fourth-order valence-electron chi connectivity index (χ4n) is 2.65. The highest BCUT2D eigenvalue weighted by Crippen LogP contribution is 2.19. The van der Waals surface area contributed by atoms with Crippen molar-refractivity contribution in [2.45, 2.75) is 12.8 Å². The molecule has 2 N–H and O–H groups in total. The first-order valence-electron chi connectivity index (χ1n) is 7.49. The zero-order valence-corrected chi connectivity index (χ0v) is 13.3. The number of quaternary nitrogens is 1. The Hall–Kier alpha value is -2.41. The summed E-state index contributed by atoms with van der Waals surface area (Å²) >= 11 is 0. The molecule has 0 spiro atoms. The molecule has 7 nitrogen and oxygen atoms in total. The van der Waals surface area contributed by atoms with Gasteiger partial charge in [0.05, 0.1) is 44.1 Å². The molecule has 0 saturated carbocycles. The number of ether oxygens (including phenoxy) is 2. The Bertz CT molecular complexity index is 608. The molecule has 1 aromatic rings. The molecule has 1 aliphatic rings. The van der Waals surface area contributed by atoms with Gasteiger partial charge < -0.3 is 19.7 Å². The van der Waals surface area contributed by atoms with Crippen molar-refractivity contribution in [3.8, 4) is 0 Å². The van der Waals surface area contributed by atoms with Gasteiger partial charge in [-0.25, -0.2) is 9.59 Å². The molecule has 1 amide bonds. The molecule has 0 bridgehead atoms. The van der Waals surface area contributed by atoms with Crippen LogP contribution in [0.3, 0.4) is 0 Å². The summed E-state index contributed by atoms with van der Waals surface area (Å²) < 4.78 is 9.37. The lowest BCUT2D eigenvalue weighted by molar-refractivity contribution is -0.878. The first kappa shape index (κ1) is 17.0. The largest absolute Gasteiger partial charge is 0.465 e. The lowest BCUT2D eigenvalue weighted by atomic mass is 10.1. The van der Waals surface area contributed by atoms with E-state index in [1.165, 1.54) is 37.3 Å². The van der Waals surface area contributed by atoms with Crippen LogP contribution < -0.4 is 10.2 Å². The number of nitrogens with one attached hydrogen (secondary N) is 2. The molecule has 0 aliphatic carbocycles. The topological polar surface area (TPSA) is 86.1 Å². The average Bonchev–Trinajstić information content (AvgIpc) is 3.06. The summed E-state index contributed by atoms with van der Waals surface area (Å²) in [5.74, 6) is -1.32. The highest BCUT2D eigenvalue weighted by atomic mass is 16.5. The smallest absolute Gasteiger partial charge is 0.339 e. The molecule has 1 saturated heterocycles. The number of methoxy groups -OCH3 is 2. The monoisotopic (exact) mass is 321 g/mol. The zero-order valence-electron chi connectivity index (χ0n) is 13.3. The number of likely N-dealkylation sites (tertiary alicyclic amines) is 1. The number of carbonyl (C=O) groups excluding carboxylic acids is 3. The van der Waals surface area contributed by atoms with Crippen LogP contribution in [0, 0.1) is 0 Å². The van der Waals surface area contributed by atoms with Gasteiger partial charge in [0.2, 0.25) is 0 Å². The van der Waals surface area contributed by atoms with E-state index in [4.69, 9.17) is 4.74 Å². The summed E-state index contributed by atoms with van der Waals surface area (Å²) in [6.45, 7) is 2.28. The van der Waals surface area contributed by atoms with Gasteiger partial charge in [-0.2, -0.15) is 0 Å². The number of esters is 2. The van der Waals surface area contributed by atoms with E-state index in [1.54, 1.807) is 0 Å². The molecule has 0 aromatic heterocycles. The minimum atomic E-state index is -0.578. The van der Waals surface area contributed by atoms with Gasteiger partial charge >= 0.3 is 11.9 Å². The maximum Gasteiger partial charge on any atom is 0.339 e. The van der Waals surface area contributed by atoms with E-state index in [0.29, 0.717) is 6.54 Å². The summed E-state index contributed by atoms with van der Waals surface area (Å²) in [7, 11) is 2.53. The van der Waals surface area contributed by atoms with Crippen molar-refractivity contribution in [2.75, 3.05) is 39.2 Å². The number of rotatable bonds is 5. The van der Waals surface area contributed by atoms with Crippen LogP contribution in [0.15, 0.2) is 18.2 Å². The SMILES string of the molecule is COC(=O)c1ccc(C(=O)OC)c(NC(=O)C[NH+]2CCCC2)c1. The van der Waals surface area contributed by atoms with Crippen LogP contribution in [0.1, 0.15) is 33.6 Å². The Kier molecular flexibility index (Phi) is 5.70. The number of anilines is 1. The molecule has 0 unspecified atom stereocenters. The lowest BCUT2D eigenvalue weighted by Crippen LogP contribution is -3.11. The maximum absolute atomic E-state index is 12.2. The van der Waals surface area contributed by atoms with Crippen molar-refractivity contribution in [3.63, 3.8) is 0 Å². The molecule has 2 rings (SSSR count). The molecule has 0 atom stereocenters. The predicted molar refractivity (Wildman–Crippen MR) is 82.5 cm³/mol. The van der Waals surface area contributed by atoms with Gasteiger partial charge in [-0.3, -0.25) is 4.79 Å². The van der Waals surface area contributed by atoms with Crippen molar-refractivity contribution in [1.82, 2.24) is 0 Å². The number of benzene rings is 1. The van der Waals surface area contributed by atoms with Crippen LogP contribution >= 0.6 is 0 Å². The molecular weight excluding hydrogens is 300 g/mol. The van der Waals surface area contributed by atoms with Gasteiger partial charge in [0.25, 0.3) is 5.91 Å². The first-order chi connectivity index (χ1) is 11.0. The van der Waals surface area contributed by atoms with E-state index in [1.807, 2.05) is 0 Å². The summed E-state index contributed by atoms with van der Waals surface area (Å²) in [6.07, 6.45) is 2.24. The predicted octanol–water partition coefficient (Wildman–Crippen LogP) is -0.123. The van der Waals surface area contributed by atoms with Gasteiger partial charge in [0, 0.05) is 12.8 Å². The Balaban J connectivity index is 2.19.